The SMILES string of the molecule is Clc1cnc2ccc(Br)cc2c1N1CCCC1. The first-order chi connectivity index (χ1) is 8.25. The molecular weight excluding hydrogens is 300 g/mol. The monoisotopic (exact) mass is 310 g/mol. The van der Waals surface area contributed by atoms with Gasteiger partial charge in [0.15, 0.2) is 0 Å². The molecule has 17 heavy (non-hydrogen) atoms. The van der Waals surface area contributed by atoms with Gasteiger partial charge >= 0.3 is 0 Å². The van der Waals surface area contributed by atoms with Gasteiger partial charge in [0, 0.05) is 29.1 Å². The van der Waals surface area contributed by atoms with E-state index in [1.807, 2.05) is 12.1 Å². The summed E-state index contributed by atoms with van der Waals surface area (Å²) in [6.45, 7) is 2.18. The van der Waals surface area contributed by atoms with E-state index in [0.29, 0.717) is 0 Å². The molecule has 0 unspecified atom stereocenters. The molecule has 4 heteroatoms. The van der Waals surface area contributed by atoms with Crippen LogP contribution < -0.4 is 4.90 Å². The highest BCUT2D eigenvalue weighted by molar-refractivity contribution is 9.10. The molecule has 3 rings (SSSR count). The third kappa shape index (κ3) is 2.02. The molecule has 1 aromatic carbocycles. The van der Waals surface area contributed by atoms with Crippen LogP contribution in [-0.2, 0) is 0 Å². The Balaban J connectivity index is 2.25. The predicted octanol–water partition coefficient (Wildman–Crippen LogP) is 4.25. The maximum Gasteiger partial charge on any atom is 0.0829 e. The molecule has 1 aromatic heterocycles. The van der Waals surface area contributed by atoms with E-state index in [1.165, 1.54) is 12.8 Å². The van der Waals surface area contributed by atoms with Crippen molar-refractivity contribution in [1.29, 1.82) is 0 Å². The molecule has 0 N–H and O–H groups in total. The maximum atomic E-state index is 6.32. The van der Waals surface area contributed by atoms with Crippen molar-refractivity contribution in [3.05, 3.63) is 33.9 Å². The van der Waals surface area contributed by atoms with Gasteiger partial charge in [-0.25, -0.2) is 0 Å². The van der Waals surface area contributed by atoms with Gasteiger partial charge in [-0.2, -0.15) is 0 Å². The van der Waals surface area contributed by atoms with Crippen LogP contribution in [0.25, 0.3) is 10.9 Å². The minimum absolute atomic E-state index is 0.748. The van der Waals surface area contributed by atoms with Crippen LogP contribution in [0.4, 0.5) is 5.69 Å². The molecule has 0 aliphatic carbocycles. The Labute approximate surface area is 114 Å². The lowest BCUT2D eigenvalue weighted by molar-refractivity contribution is 0.949. The molecular formula is C13H12BrClN2. The number of nitrogens with zero attached hydrogens (tertiary/aromatic N) is 2. The number of pyridine rings is 1. The summed E-state index contributed by atoms with van der Waals surface area (Å²) in [6, 6.07) is 6.13. The molecule has 2 heterocycles. The Hall–Kier alpha value is -0.800. The average molecular weight is 312 g/mol. The van der Waals surface area contributed by atoms with E-state index in [1.54, 1.807) is 6.20 Å². The van der Waals surface area contributed by atoms with Gasteiger partial charge < -0.3 is 4.90 Å². The third-order valence-electron chi connectivity index (χ3n) is 3.18. The van der Waals surface area contributed by atoms with Crippen LogP contribution in [0.5, 0.6) is 0 Å². The van der Waals surface area contributed by atoms with Gasteiger partial charge in [0.05, 0.1) is 16.2 Å². The van der Waals surface area contributed by atoms with Crippen LogP contribution in [0, 0.1) is 0 Å². The Morgan fingerprint density at radius 3 is 2.76 bits per heavy atom. The fourth-order valence-corrected chi connectivity index (χ4v) is 3.02. The molecule has 2 aromatic rings. The van der Waals surface area contributed by atoms with Gasteiger partial charge in [-0.1, -0.05) is 27.5 Å². The fraction of sp³-hybridized carbons (Fsp3) is 0.308. The smallest absolute Gasteiger partial charge is 0.0829 e. The summed E-state index contributed by atoms with van der Waals surface area (Å²) < 4.78 is 1.06. The third-order valence-corrected chi connectivity index (χ3v) is 3.95. The molecule has 1 aliphatic heterocycles. The van der Waals surface area contributed by atoms with Gasteiger partial charge in [0.2, 0.25) is 0 Å². The zero-order valence-corrected chi connectivity index (χ0v) is 11.6. The van der Waals surface area contributed by atoms with Crippen molar-refractivity contribution in [2.24, 2.45) is 0 Å². The molecule has 1 aliphatic rings. The van der Waals surface area contributed by atoms with Crippen molar-refractivity contribution in [2.75, 3.05) is 18.0 Å². The maximum absolute atomic E-state index is 6.32. The van der Waals surface area contributed by atoms with Crippen molar-refractivity contribution in [3.8, 4) is 0 Å². The second-order valence-electron chi connectivity index (χ2n) is 4.31. The first-order valence-corrected chi connectivity index (χ1v) is 6.91. The zero-order chi connectivity index (χ0) is 11.8. The lowest BCUT2D eigenvalue weighted by Crippen LogP contribution is -2.18. The van der Waals surface area contributed by atoms with E-state index < -0.39 is 0 Å². The number of halogens is 2. The highest BCUT2D eigenvalue weighted by Gasteiger charge is 2.18. The summed E-state index contributed by atoms with van der Waals surface area (Å²) in [4.78, 5) is 6.73. The highest BCUT2D eigenvalue weighted by Crippen LogP contribution is 2.36. The molecule has 0 bridgehead atoms. The molecule has 0 atom stereocenters. The number of aromatic nitrogens is 1. The second kappa shape index (κ2) is 4.46. The normalized spacial score (nSPS) is 15.8. The second-order valence-corrected chi connectivity index (χ2v) is 5.63. The molecule has 0 saturated carbocycles. The molecule has 1 fully saturated rings. The minimum Gasteiger partial charge on any atom is -0.370 e. The Bertz CT molecular complexity index is 559. The summed E-state index contributed by atoms with van der Waals surface area (Å²) in [5, 5.41) is 1.88. The predicted molar refractivity (Wildman–Crippen MR) is 75.9 cm³/mol. The van der Waals surface area contributed by atoms with Gasteiger partial charge in [-0.05, 0) is 31.0 Å². The lowest BCUT2D eigenvalue weighted by atomic mass is 10.1. The number of anilines is 1. The molecule has 1 saturated heterocycles. The van der Waals surface area contributed by atoms with Crippen LogP contribution in [0.3, 0.4) is 0 Å². The fourth-order valence-electron chi connectivity index (χ4n) is 2.39. The van der Waals surface area contributed by atoms with Crippen molar-refractivity contribution < 1.29 is 0 Å². The minimum atomic E-state index is 0.748. The Morgan fingerprint density at radius 2 is 2.00 bits per heavy atom. The number of hydrogen-bond donors (Lipinski definition) is 0. The van der Waals surface area contributed by atoms with Crippen LogP contribution in [0.2, 0.25) is 5.02 Å². The number of benzene rings is 1. The zero-order valence-electron chi connectivity index (χ0n) is 9.29. The quantitative estimate of drug-likeness (QED) is 0.782. The highest BCUT2D eigenvalue weighted by atomic mass is 79.9. The summed E-state index contributed by atoms with van der Waals surface area (Å²) in [7, 11) is 0. The molecule has 2 nitrogen and oxygen atoms in total. The Morgan fingerprint density at radius 1 is 1.24 bits per heavy atom. The number of fused-ring (bicyclic) bond motifs is 1. The van der Waals surface area contributed by atoms with E-state index in [9.17, 15) is 0 Å². The van der Waals surface area contributed by atoms with Crippen molar-refractivity contribution in [3.63, 3.8) is 0 Å². The molecule has 0 radical (unpaired) electrons. The van der Waals surface area contributed by atoms with E-state index in [0.717, 1.165) is 39.2 Å². The van der Waals surface area contributed by atoms with Crippen LogP contribution >= 0.6 is 27.5 Å². The topological polar surface area (TPSA) is 16.1 Å². The van der Waals surface area contributed by atoms with Crippen molar-refractivity contribution in [1.82, 2.24) is 4.98 Å². The summed E-state index contributed by atoms with van der Waals surface area (Å²) in [5.74, 6) is 0. The number of rotatable bonds is 1. The van der Waals surface area contributed by atoms with Gasteiger partial charge in [-0.15, -0.1) is 0 Å². The molecule has 0 spiro atoms. The van der Waals surface area contributed by atoms with E-state index in [4.69, 9.17) is 11.6 Å². The first-order valence-electron chi connectivity index (χ1n) is 5.74. The van der Waals surface area contributed by atoms with Crippen LogP contribution in [0.1, 0.15) is 12.8 Å². The van der Waals surface area contributed by atoms with Gasteiger partial charge in [0.25, 0.3) is 0 Å². The van der Waals surface area contributed by atoms with Gasteiger partial charge in [0.1, 0.15) is 0 Å². The van der Waals surface area contributed by atoms with Crippen molar-refractivity contribution >= 4 is 44.1 Å². The standard InChI is InChI=1S/C13H12BrClN2/c14-9-3-4-12-10(7-9)13(11(15)8-16-12)17-5-1-2-6-17/h3-4,7-8H,1-2,5-6H2. The first kappa shape index (κ1) is 11.3. The summed E-state index contributed by atoms with van der Waals surface area (Å²) in [5.41, 5.74) is 2.13. The van der Waals surface area contributed by atoms with Crippen molar-refractivity contribution in [2.45, 2.75) is 12.8 Å². The number of hydrogen-bond acceptors (Lipinski definition) is 2. The van der Waals surface area contributed by atoms with E-state index in [2.05, 4.69) is 31.9 Å². The largest absolute Gasteiger partial charge is 0.370 e. The van der Waals surface area contributed by atoms with Gasteiger partial charge in [-0.3, -0.25) is 4.98 Å². The van der Waals surface area contributed by atoms with Crippen LogP contribution in [0.15, 0.2) is 28.9 Å². The summed E-state index contributed by atoms with van der Waals surface area (Å²) in [6.07, 6.45) is 4.24. The molecule has 0 amide bonds. The van der Waals surface area contributed by atoms with E-state index in [-0.39, 0.29) is 0 Å². The average Bonchev–Trinajstić information content (AvgIpc) is 2.82. The van der Waals surface area contributed by atoms with Crippen LogP contribution in [-0.4, -0.2) is 18.1 Å². The summed E-state index contributed by atoms with van der Waals surface area (Å²) >= 11 is 9.83. The van der Waals surface area contributed by atoms with E-state index >= 15 is 0 Å². The Kier molecular flexibility index (Phi) is 2.97. The lowest BCUT2D eigenvalue weighted by Gasteiger charge is -2.21. The molecule has 88 valence electrons.